The SMILES string of the molecule is COc1ccc(C[C@@H]2CN3CCC[C@@]3(CNc3cc(F)c(S(=O)(=O)N(Cc4ccc(OC)cc4OC)c4nccs4)cc3Br)C2)cc1. The Kier molecular flexibility index (Phi) is 9.98. The Bertz CT molecular complexity index is 1810. The van der Waals surface area contributed by atoms with Crippen molar-refractivity contribution in [3.63, 3.8) is 0 Å². The van der Waals surface area contributed by atoms with Gasteiger partial charge in [0.2, 0.25) is 0 Å². The molecular formula is C34H38BrFN4O5S2. The number of hydrogen-bond donors (Lipinski definition) is 1. The molecule has 3 heterocycles. The highest BCUT2D eigenvalue weighted by atomic mass is 79.9. The van der Waals surface area contributed by atoms with Gasteiger partial charge in [-0.3, -0.25) is 4.90 Å². The van der Waals surface area contributed by atoms with Crippen molar-refractivity contribution in [2.24, 2.45) is 5.92 Å². The van der Waals surface area contributed by atoms with Crippen LogP contribution < -0.4 is 23.8 Å². The second kappa shape index (κ2) is 14.0. The summed E-state index contributed by atoms with van der Waals surface area (Å²) in [7, 11) is 0.338. The lowest BCUT2D eigenvalue weighted by Crippen LogP contribution is -2.44. The fourth-order valence-electron chi connectivity index (χ4n) is 6.90. The van der Waals surface area contributed by atoms with Crippen molar-refractivity contribution < 1.29 is 27.0 Å². The Morgan fingerprint density at radius 1 is 1.09 bits per heavy atom. The van der Waals surface area contributed by atoms with Gasteiger partial charge in [0.25, 0.3) is 10.0 Å². The first-order valence-electron chi connectivity index (χ1n) is 15.4. The smallest absolute Gasteiger partial charge is 0.269 e. The van der Waals surface area contributed by atoms with E-state index >= 15 is 4.39 Å². The molecule has 13 heteroatoms. The van der Waals surface area contributed by atoms with Gasteiger partial charge in [-0.15, -0.1) is 11.3 Å². The average Bonchev–Trinajstić information content (AvgIpc) is 3.81. The van der Waals surface area contributed by atoms with Crippen LogP contribution in [0.2, 0.25) is 0 Å². The predicted molar refractivity (Wildman–Crippen MR) is 186 cm³/mol. The summed E-state index contributed by atoms with van der Waals surface area (Å²) >= 11 is 4.69. The Labute approximate surface area is 287 Å². The molecule has 9 nitrogen and oxygen atoms in total. The number of rotatable bonds is 13. The van der Waals surface area contributed by atoms with E-state index in [0.717, 1.165) is 60.2 Å². The first kappa shape index (κ1) is 33.5. The van der Waals surface area contributed by atoms with Crippen molar-refractivity contribution >= 4 is 48.1 Å². The van der Waals surface area contributed by atoms with E-state index < -0.39 is 20.7 Å². The number of thiazole rings is 1. The van der Waals surface area contributed by atoms with Crippen molar-refractivity contribution in [2.75, 3.05) is 50.6 Å². The largest absolute Gasteiger partial charge is 0.497 e. The summed E-state index contributed by atoms with van der Waals surface area (Å²) in [6, 6.07) is 16.0. The highest BCUT2D eigenvalue weighted by Crippen LogP contribution is 2.43. The minimum absolute atomic E-state index is 0.0309. The minimum atomic E-state index is -4.37. The van der Waals surface area contributed by atoms with E-state index in [0.29, 0.717) is 39.7 Å². The Morgan fingerprint density at radius 2 is 1.85 bits per heavy atom. The highest BCUT2D eigenvalue weighted by Gasteiger charge is 2.48. The van der Waals surface area contributed by atoms with Crippen LogP contribution in [0.1, 0.15) is 30.4 Å². The van der Waals surface area contributed by atoms with E-state index in [1.54, 1.807) is 30.7 Å². The van der Waals surface area contributed by atoms with Crippen LogP contribution in [-0.4, -0.2) is 64.8 Å². The number of sulfonamides is 1. The zero-order valence-corrected chi connectivity index (χ0v) is 29.8. The molecule has 0 unspecified atom stereocenters. The third-order valence-corrected chi connectivity index (χ3v) is 12.5. The summed E-state index contributed by atoms with van der Waals surface area (Å²) < 4.78 is 61.8. The summed E-state index contributed by atoms with van der Waals surface area (Å²) in [4.78, 5) is 6.37. The molecule has 0 saturated carbocycles. The normalized spacial score (nSPS) is 19.4. The maximum Gasteiger partial charge on any atom is 0.269 e. The van der Waals surface area contributed by atoms with Crippen LogP contribution in [0.4, 0.5) is 15.2 Å². The number of hydrogen-bond acceptors (Lipinski definition) is 9. The Balaban J connectivity index is 1.21. The maximum absolute atomic E-state index is 15.9. The number of benzene rings is 3. The molecule has 3 aromatic carbocycles. The summed E-state index contributed by atoms with van der Waals surface area (Å²) in [6.45, 7) is 2.58. The van der Waals surface area contributed by atoms with Gasteiger partial charge in [0.05, 0.1) is 33.6 Å². The van der Waals surface area contributed by atoms with Gasteiger partial charge in [0.1, 0.15) is 28.0 Å². The minimum Gasteiger partial charge on any atom is -0.497 e. The predicted octanol–water partition coefficient (Wildman–Crippen LogP) is 6.98. The summed E-state index contributed by atoms with van der Waals surface area (Å²) in [5, 5.41) is 5.36. The van der Waals surface area contributed by atoms with E-state index in [2.05, 4.69) is 43.3 Å². The quantitative estimate of drug-likeness (QED) is 0.157. The second-order valence-corrected chi connectivity index (χ2v) is 15.6. The van der Waals surface area contributed by atoms with Crippen LogP contribution in [-0.2, 0) is 23.0 Å². The molecule has 0 spiro atoms. The number of halogens is 2. The molecule has 6 rings (SSSR count). The fourth-order valence-corrected chi connectivity index (χ4v) is 9.88. The van der Waals surface area contributed by atoms with Crippen LogP contribution in [0.25, 0.3) is 0 Å². The van der Waals surface area contributed by atoms with Crippen LogP contribution >= 0.6 is 27.3 Å². The molecular weight excluding hydrogens is 707 g/mol. The van der Waals surface area contributed by atoms with Crippen molar-refractivity contribution in [1.29, 1.82) is 0 Å². The molecule has 250 valence electrons. The lowest BCUT2D eigenvalue weighted by atomic mass is 9.87. The number of methoxy groups -OCH3 is 3. The van der Waals surface area contributed by atoms with Crippen LogP contribution in [0.15, 0.2) is 75.5 Å². The molecule has 0 amide bonds. The number of ether oxygens (including phenoxy) is 3. The van der Waals surface area contributed by atoms with E-state index in [1.165, 1.54) is 38.1 Å². The molecule has 4 aromatic rings. The van der Waals surface area contributed by atoms with Crippen molar-refractivity contribution in [2.45, 2.75) is 42.7 Å². The Hall–Kier alpha value is -3.39. The van der Waals surface area contributed by atoms with E-state index in [9.17, 15) is 8.42 Å². The van der Waals surface area contributed by atoms with E-state index in [4.69, 9.17) is 14.2 Å². The van der Waals surface area contributed by atoms with Gasteiger partial charge >= 0.3 is 0 Å². The van der Waals surface area contributed by atoms with Crippen molar-refractivity contribution in [3.8, 4) is 17.2 Å². The van der Waals surface area contributed by atoms with Crippen LogP contribution in [0.3, 0.4) is 0 Å². The molecule has 2 fully saturated rings. The first-order chi connectivity index (χ1) is 22.7. The van der Waals surface area contributed by atoms with Gasteiger partial charge in [0, 0.05) is 46.3 Å². The summed E-state index contributed by atoms with van der Waals surface area (Å²) in [5.74, 6) is 1.54. The molecule has 1 aromatic heterocycles. The van der Waals surface area contributed by atoms with Crippen molar-refractivity contribution in [1.82, 2.24) is 9.88 Å². The zero-order valence-electron chi connectivity index (χ0n) is 26.5. The van der Waals surface area contributed by atoms with Gasteiger partial charge in [0.15, 0.2) is 5.13 Å². The standard InChI is InChI=1S/C34H38BrFN4O5S2/c1-43-26-8-5-23(6-9-26)15-24-19-34(11-4-13-39(34)20-24)22-38-30-18-29(36)32(17-28(30)35)47(41,42)40(33-37-12-14-46-33)21-25-7-10-27(44-2)16-31(25)45-3/h5-10,12,14,16-18,24,38H,4,11,13,15,19-22H2,1-3H3/t24-,34-/m0/s1. The van der Waals surface area contributed by atoms with Gasteiger partial charge in [-0.05, 0) is 96.0 Å². The molecule has 1 N–H and O–H groups in total. The number of aromatic nitrogens is 1. The number of fused-ring (bicyclic) bond motifs is 1. The van der Waals surface area contributed by atoms with Gasteiger partial charge in [-0.25, -0.2) is 22.1 Å². The van der Waals surface area contributed by atoms with Crippen LogP contribution in [0.5, 0.6) is 17.2 Å². The Morgan fingerprint density at radius 3 is 2.55 bits per heavy atom. The average molecular weight is 746 g/mol. The first-order valence-corrected chi connectivity index (χ1v) is 18.5. The summed E-state index contributed by atoms with van der Waals surface area (Å²) in [6.07, 6.45) is 5.73. The lowest BCUT2D eigenvalue weighted by molar-refractivity contribution is 0.209. The van der Waals surface area contributed by atoms with Gasteiger partial charge in [-0.2, -0.15) is 0 Å². The maximum atomic E-state index is 15.9. The van der Waals surface area contributed by atoms with Gasteiger partial charge in [-0.1, -0.05) is 12.1 Å². The molecule has 2 atom stereocenters. The molecule has 2 saturated heterocycles. The lowest BCUT2D eigenvalue weighted by Gasteiger charge is -2.33. The molecule has 47 heavy (non-hydrogen) atoms. The van der Waals surface area contributed by atoms with Crippen LogP contribution in [0, 0.1) is 11.7 Å². The molecule has 0 radical (unpaired) electrons. The second-order valence-electron chi connectivity index (χ2n) is 12.0. The fraction of sp³-hybridized carbons (Fsp3) is 0.382. The van der Waals surface area contributed by atoms with Crippen molar-refractivity contribution in [3.05, 3.63) is 87.6 Å². The van der Waals surface area contributed by atoms with E-state index in [1.807, 2.05) is 12.1 Å². The number of nitrogens with zero attached hydrogens (tertiary/aromatic N) is 3. The monoisotopic (exact) mass is 744 g/mol. The van der Waals surface area contributed by atoms with Gasteiger partial charge < -0.3 is 19.5 Å². The molecule has 0 aliphatic carbocycles. The number of nitrogens with one attached hydrogen (secondary N) is 1. The third-order valence-electron chi connectivity index (χ3n) is 9.21. The molecule has 0 bridgehead atoms. The number of anilines is 2. The highest BCUT2D eigenvalue weighted by molar-refractivity contribution is 9.10. The topological polar surface area (TPSA) is 93.2 Å². The molecule has 2 aliphatic rings. The van der Waals surface area contributed by atoms with E-state index in [-0.39, 0.29) is 17.2 Å². The third kappa shape index (κ3) is 6.94. The molecule has 2 aliphatic heterocycles. The summed E-state index contributed by atoms with van der Waals surface area (Å²) in [5.41, 5.74) is 2.35. The zero-order chi connectivity index (χ0) is 33.2.